The lowest BCUT2D eigenvalue weighted by Crippen LogP contribution is -2.09. The summed E-state index contributed by atoms with van der Waals surface area (Å²) in [4.78, 5) is 8.85. The van der Waals surface area contributed by atoms with Crippen molar-refractivity contribution in [3.8, 4) is 11.3 Å². The van der Waals surface area contributed by atoms with Gasteiger partial charge in [-0.15, -0.1) is 0 Å². The molecule has 0 spiro atoms. The quantitative estimate of drug-likeness (QED) is 0.147. The van der Waals surface area contributed by atoms with Gasteiger partial charge < -0.3 is 21.8 Å². The number of aromatic amines is 1. The summed E-state index contributed by atoms with van der Waals surface area (Å²) in [5, 5.41) is 13.4. The summed E-state index contributed by atoms with van der Waals surface area (Å²) in [5.41, 5.74) is 13.2. The molecule has 29 heavy (non-hydrogen) atoms. The molecular weight excluding hydrogens is 434 g/mol. The Bertz CT molecular complexity index is 1130. The number of halogens is 1. The van der Waals surface area contributed by atoms with E-state index in [4.69, 9.17) is 11.6 Å². The fraction of sp³-hybridized carbons (Fsp3) is 0. The van der Waals surface area contributed by atoms with Crippen LogP contribution in [0.4, 0.5) is 34.5 Å². The van der Waals surface area contributed by atoms with Gasteiger partial charge in [0.05, 0.1) is 21.5 Å². The zero-order chi connectivity index (χ0) is 20.2. The minimum atomic E-state index is 0.424. The maximum Gasteiger partial charge on any atom is 0.229 e. The first-order chi connectivity index (χ1) is 14.1. The lowest BCUT2D eigenvalue weighted by molar-refractivity contribution is 1.10. The fourth-order valence-electron chi connectivity index (χ4n) is 2.73. The van der Waals surface area contributed by atoms with Gasteiger partial charge in [-0.05, 0) is 52.3 Å². The summed E-state index contributed by atoms with van der Waals surface area (Å²) < 4.78 is 0.734. The highest BCUT2D eigenvalue weighted by Crippen LogP contribution is 2.28. The fourth-order valence-corrected chi connectivity index (χ4v) is 3.02. The van der Waals surface area contributed by atoms with Crippen LogP contribution in [0, 0.1) is 0 Å². The number of nitrogens with zero attached hydrogens (tertiary/aromatic N) is 3. The Morgan fingerprint density at radius 3 is 2.62 bits per heavy atom. The molecule has 0 saturated heterocycles. The van der Waals surface area contributed by atoms with Crippen molar-refractivity contribution >= 4 is 50.4 Å². The normalized spacial score (nSPS) is 10.6. The van der Waals surface area contributed by atoms with Gasteiger partial charge in [0.15, 0.2) is 0 Å². The third kappa shape index (κ3) is 4.28. The molecule has 0 aliphatic rings. The molecule has 2 aromatic heterocycles. The highest BCUT2D eigenvalue weighted by atomic mass is 79.9. The van der Waals surface area contributed by atoms with Crippen molar-refractivity contribution in [2.75, 3.05) is 21.8 Å². The van der Waals surface area contributed by atoms with Crippen LogP contribution in [0.15, 0.2) is 65.4 Å². The average molecular weight is 452 g/mol. The number of hydrogen-bond acceptors (Lipinski definition) is 8. The van der Waals surface area contributed by atoms with E-state index in [2.05, 4.69) is 52.2 Å². The van der Waals surface area contributed by atoms with E-state index >= 15 is 0 Å². The van der Waals surface area contributed by atoms with Gasteiger partial charge in [0.2, 0.25) is 5.95 Å². The third-order valence-corrected chi connectivity index (χ3v) is 4.72. The Hall–Kier alpha value is -3.63. The molecule has 10 heteroatoms. The summed E-state index contributed by atoms with van der Waals surface area (Å²) in [5.74, 6) is 6.46. The molecule has 4 rings (SSSR count). The second kappa shape index (κ2) is 8.17. The van der Waals surface area contributed by atoms with Crippen LogP contribution in [-0.4, -0.2) is 20.2 Å². The first kappa shape index (κ1) is 18.7. The summed E-state index contributed by atoms with van der Waals surface area (Å²) in [6.45, 7) is 0. The maximum atomic E-state index is 5.95. The smallest absolute Gasteiger partial charge is 0.229 e. The average Bonchev–Trinajstić information content (AvgIpc) is 3.26. The summed E-state index contributed by atoms with van der Waals surface area (Å²) in [6.07, 6.45) is 3.40. The van der Waals surface area contributed by atoms with Crippen LogP contribution in [0.1, 0.15) is 0 Å². The van der Waals surface area contributed by atoms with Gasteiger partial charge in [0.25, 0.3) is 0 Å². The van der Waals surface area contributed by atoms with Crippen molar-refractivity contribution in [1.29, 1.82) is 0 Å². The van der Waals surface area contributed by atoms with Crippen molar-refractivity contribution < 1.29 is 0 Å². The Morgan fingerprint density at radius 2 is 1.86 bits per heavy atom. The van der Waals surface area contributed by atoms with Crippen LogP contribution in [0.5, 0.6) is 0 Å². The molecule has 9 nitrogen and oxygen atoms in total. The van der Waals surface area contributed by atoms with Crippen molar-refractivity contribution in [3.05, 3.63) is 65.4 Å². The Labute approximate surface area is 175 Å². The number of hydrogen-bond donors (Lipinski definition) is 6. The van der Waals surface area contributed by atoms with Crippen molar-refractivity contribution in [3.63, 3.8) is 0 Å². The second-order valence-electron chi connectivity index (χ2n) is 6.14. The molecule has 0 atom stereocenters. The number of aromatic nitrogens is 4. The van der Waals surface area contributed by atoms with E-state index in [9.17, 15) is 0 Å². The van der Waals surface area contributed by atoms with Gasteiger partial charge in [0.1, 0.15) is 5.82 Å². The molecule has 0 radical (unpaired) electrons. The molecule has 0 saturated carbocycles. The van der Waals surface area contributed by atoms with E-state index in [0.717, 1.165) is 27.1 Å². The molecule has 2 heterocycles. The zero-order valence-corrected chi connectivity index (χ0v) is 16.7. The first-order valence-electron chi connectivity index (χ1n) is 8.65. The molecule has 0 fully saturated rings. The van der Waals surface area contributed by atoms with Crippen molar-refractivity contribution in [1.82, 2.24) is 20.2 Å². The van der Waals surface area contributed by atoms with Gasteiger partial charge >= 0.3 is 0 Å². The molecule has 0 unspecified atom stereocenters. The third-order valence-electron chi connectivity index (χ3n) is 4.14. The lowest BCUT2D eigenvalue weighted by atomic mass is 10.1. The Kier molecular flexibility index (Phi) is 5.27. The number of nitrogens with two attached hydrogens (primary N) is 2. The van der Waals surface area contributed by atoms with Crippen LogP contribution in [0.2, 0.25) is 0 Å². The standard InChI is InChI=1S/C19H18BrN9/c20-14-10-23-19(26-13-4-5-17(28-22)15(21)9-13)27-18(14)25-12-3-1-2-11(8-12)16-6-7-24-29-16/h1-10,28H,21-22H2,(H,24,29)(H2,23,25,26,27). The predicted octanol–water partition coefficient (Wildman–Crippen LogP) is 3.98. The van der Waals surface area contributed by atoms with Gasteiger partial charge in [0, 0.05) is 29.3 Å². The van der Waals surface area contributed by atoms with Gasteiger partial charge in [-0.2, -0.15) is 10.1 Å². The zero-order valence-electron chi connectivity index (χ0n) is 15.1. The predicted molar refractivity (Wildman–Crippen MR) is 119 cm³/mol. The SMILES string of the molecule is NNc1ccc(Nc2ncc(Br)c(Nc3cccc(-c4ccn[nH]4)c3)n2)cc1N. The highest BCUT2D eigenvalue weighted by Gasteiger charge is 2.08. The van der Waals surface area contributed by atoms with Crippen LogP contribution >= 0.6 is 15.9 Å². The molecule has 4 aromatic rings. The number of benzene rings is 2. The minimum absolute atomic E-state index is 0.424. The topological polar surface area (TPSA) is 143 Å². The highest BCUT2D eigenvalue weighted by molar-refractivity contribution is 9.10. The van der Waals surface area contributed by atoms with Crippen LogP contribution in [-0.2, 0) is 0 Å². The molecule has 8 N–H and O–H groups in total. The Balaban J connectivity index is 1.56. The van der Waals surface area contributed by atoms with E-state index in [1.807, 2.05) is 36.4 Å². The lowest BCUT2D eigenvalue weighted by Gasteiger charge is -2.12. The monoisotopic (exact) mass is 451 g/mol. The summed E-state index contributed by atoms with van der Waals surface area (Å²) in [6, 6.07) is 15.2. The molecule has 0 aliphatic carbocycles. The van der Waals surface area contributed by atoms with E-state index in [1.165, 1.54) is 0 Å². The van der Waals surface area contributed by atoms with Gasteiger partial charge in [-0.1, -0.05) is 12.1 Å². The number of nitrogen functional groups attached to an aromatic ring is 2. The second-order valence-corrected chi connectivity index (χ2v) is 6.99. The summed E-state index contributed by atoms with van der Waals surface area (Å²) in [7, 11) is 0. The molecule has 2 aromatic carbocycles. The molecule has 0 aliphatic heterocycles. The Morgan fingerprint density at radius 1 is 1.00 bits per heavy atom. The van der Waals surface area contributed by atoms with E-state index in [-0.39, 0.29) is 0 Å². The molecule has 146 valence electrons. The molecule has 0 bridgehead atoms. The van der Waals surface area contributed by atoms with Crippen LogP contribution in [0.3, 0.4) is 0 Å². The van der Waals surface area contributed by atoms with Crippen LogP contribution < -0.4 is 27.6 Å². The molecule has 0 amide bonds. The van der Waals surface area contributed by atoms with Crippen molar-refractivity contribution in [2.45, 2.75) is 0 Å². The van der Waals surface area contributed by atoms with E-state index in [0.29, 0.717) is 23.1 Å². The number of rotatable bonds is 6. The van der Waals surface area contributed by atoms with Gasteiger partial charge in [-0.3, -0.25) is 10.9 Å². The number of hydrazine groups is 1. The largest absolute Gasteiger partial charge is 0.397 e. The number of H-pyrrole nitrogens is 1. The summed E-state index contributed by atoms with van der Waals surface area (Å²) >= 11 is 3.49. The first-order valence-corrected chi connectivity index (χ1v) is 9.44. The van der Waals surface area contributed by atoms with Gasteiger partial charge in [-0.25, -0.2) is 4.98 Å². The maximum absolute atomic E-state index is 5.95. The number of anilines is 6. The number of nitrogens with one attached hydrogen (secondary N) is 4. The molecular formula is C19H18BrN9. The van der Waals surface area contributed by atoms with Crippen molar-refractivity contribution in [2.24, 2.45) is 5.84 Å². The minimum Gasteiger partial charge on any atom is -0.397 e. The van der Waals surface area contributed by atoms with E-state index < -0.39 is 0 Å². The van der Waals surface area contributed by atoms with E-state index in [1.54, 1.807) is 24.5 Å². The van der Waals surface area contributed by atoms with Crippen LogP contribution in [0.25, 0.3) is 11.3 Å².